The zero-order valence-corrected chi connectivity index (χ0v) is 15.2. The molecule has 0 saturated carbocycles. The summed E-state index contributed by atoms with van der Waals surface area (Å²) in [5.41, 5.74) is 0.968. The van der Waals surface area contributed by atoms with E-state index >= 15 is 0 Å². The van der Waals surface area contributed by atoms with Gasteiger partial charge in [-0.05, 0) is 44.4 Å². The Hall–Kier alpha value is -1.92. The topological polar surface area (TPSA) is 78.9 Å². The highest BCUT2D eigenvalue weighted by atomic mass is 16.5. The number of hydrogen-bond acceptors (Lipinski definition) is 4. The first-order valence-electron chi connectivity index (χ1n) is 8.67. The van der Waals surface area contributed by atoms with Crippen molar-refractivity contribution in [1.82, 2.24) is 10.2 Å². The van der Waals surface area contributed by atoms with Crippen LogP contribution in [0.25, 0.3) is 0 Å². The molecule has 1 aliphatic rings. The average molecular weight is 348 g/mol. The van der Waals surface area contributed by atoms with Crippen molar-refractivity contribution in [2.24, 2.45) is 0 Å². The maximum atomic E-state index is 12.4. The molecule has 6 nitrogen and oxygen atoms in total. The lowest BCUT2D eigenvalue weighted by molar-refractivity contribution is -0.128. The van der Waals surface area contributed by atoms with E-state index in [1.807, 2.05) is 12.1 Å². The summed E-state index contributed by atoms with van der Waals surface area (Å²) in [4.78, 5) is 26.0. The smallest absolute Gasteiger partial charge is 0.251 e. The Labute approximate surface area is 149 Å². The summed E-state index contributed by atoms with van der Waals surface area (Å²) in [6, 6.07) is 7.23. The number of carbonyl (C=O) groups excluding carboxylic acids is 2. The Bertz CT molecular complexity index is 592. The zero-order chi connectivity index (χ0) is 18.4. The summed E-state index contributed by atoms with van der Waals surface area (Å²) < 4.78 is 4.99. The normalized spacial score (nSPS) is 17.8. The lowest BCUT2D eigenvalue weighted by atomic mass is 9.98. The average Bonchev–Trinajstić information content (AvgIpc) is 2.90. The van der Waals surface area contributed by atoms with Crippen LogP contribution in [0.1, 0.15) is 42.6 Å². The molecular formula is C19H28N2O4. The number of carbonyl (C=O) groups is 2. The molecule has 0 aliphatic carbocycles. The molecule has 2 N–H and O–H groups in total. The van der Waals surface area contributed by atoms with Gasteiger partial charge in [0.1, 0.15) is 0 Å². The van der Waals surface area contributed by atoms with Crippen LogP contribution < -0.4 is 5.32 Å². The highest BCUT2D eigenvalue weighted by Gasteiger charge is 2.30. The van der Waals surface area contributed by atoms with Crippen molar-refractivity contribution >= 4 is 11.8 Å². The number of nitrogens with zero attached hydrogens (tertiary/aromatic N) is 1. The molecule has 0 spiro atoms. The SMILES string of the molecule is COCCN1CC(NC(=O)c2ccc(CCC(C)(C)O)cc2)CC1=O. The quantitative estimate of drug-likeness (QED) is 0.744. The molecule has 1 aliphatic heterocycles. The number of benzene rings is 1. The van der Waals surface area contributed by atoms with Crippen LogP contribution in [-0.2, 0) is 16.0 Å². The molecule has 25 heavy (non-hydrogen) atoms. The Morgan fingerprint density at radius 1 is 1.36 bits per heavy atom. The van der Waals surface area contributed by atoms with Gasteiger partial charge in [0.15, 0.2) is 0 Å². The summed E-state index contributed by atoms with van der Waals surface area (Å²) in [6.45, 7) is 5.15. The molecule has 0 bridgehead atoms. The van der Waals surface area contributed by atoms with Crippen LogP contribution >= 0.6 is 0 Å². The third-order valence-corrected chi connectivity index (χ3v) is 4.36. The predicted molar refractivity (Wildman–Crippen MR) is 95.4 cm³/mol. The number of amides is 2. The lowest BCUT2D eigenvalue weighted by Crippen LogP contribution is -2.37. The van der Waals surface area contributed by atoms with E-state index in [9.17, 15) is 14.7 Å². The first-order valence-corrected chi connectivity index (χ1v) is 8.67. The van der Waals surface area contributed by atoms with E-state index in [2.05, 4.69) is 5.32 Å². The molecule has 0 aromatic heterocycles. The second kappa shape index (κ2) is 8.45. The number of aliphatic hydroxyl groups is 1. The summed E-state index contributed by atoms with van der Waals surface area (Å²) in [6.07, 6.45) is 1.76. The van der Waals surface area contributed by atoms with Crippen molar-refractivity contribution in [2.75, 3.05) is 26.8 Å². The van der Waals surface area contributed by atoms with Gasteiger partial charge in [0.05, 0.1) is 18.2 Å². The van der Waals surface area contributed by atoms with Gasteiger partial charge in [0.25, 0.3) is 5.91 Å². The largest absolute Gasteiger partial charge is 0.390 e. The fourth-order valence-electron chi connectivity index (χ4n) is 2.83. The number of hydrogen-bond donors (Lipinski definition) is 2. The molecule has 2 amide bonds. The summed E-state index contributed by atoms with van der Waals surface area (Å²) in [5, 5.41) is 12.7. The monoisotopic (exact) mass is 348 g/mol. The molecular weight excluding hydrogens is 320 g/mol. The molecule has 1 unspecified atom stereocenters. The maximum Gasteiger partial charge on any atom is 0.251 e. The van der Waals surface area contributed by atoms with Gasteiger partial charge in [-0.15, -0.1) is 0 Å². The second-order valence-corrected chi connectivity index (χ2v) is 7.22. The third-order valence-electron chi connectivity index (χ3n) is 4.36. The molecule has 1 aromatic rings. The van der Waals surface area contributed by atoms with Gasteiger partial charge in [-0.2, -0.15) is 0 Å². The highest BCUT2D eigenvalue weighted by molar-refractivity contribution is 5.95. The van der Waals surface area contributed by atoms with Crippen molar-refractivity contribution in [2.45, 2.75) is 44.8 Å². The maximum absolute atomic E-state index is 12.4. The highest BCUT2D eigenvalue weighted by Crippen LogP contribution is 2.15. The number of rotatable bonds is 8. The summed E-state index contributed by atoms with van der Waals surface area (Å²) >= 11 is 0. The van der Waals surface area contributed by atoms with Gasteiger partial charge in [-0.3, -0.25) is 9.59 Å². The van der Waals surface area contributed by atoms with Crippen LogP contribution in [0, 0.1) is 0 Å². The van der Waals surface area contributed by atoms with Crippen molar-refractivity contribution in [3.8, 4) is 0 Å². The zero-order valence-electron chi connectivity index (χ0n) is 15.2. The van der Waals surface area contributed by atoms with Gasteiger partial charge in [-0.25, -0.2) is 0 Å². The first kappa shape index (κ1) is 19.4. The minimum atomic E-state index is -0.695. The standard InChI is InChI=1S/C19H28N2O4/c1-19(2,24)9-8-14-4-6-15(7-5-14)18(23)20-16-12-17(22)21(13-16)10-11-25-3/h4-7,16,24H,8-13H2,1-3H3,(H,20,23). The van der Waals surface area contributed by atoms with Gasteiger partial charge in [0.2, 0.25) is 5.91 Å². The third kappa shape index (κ3) is 6.14. The van der Waals surface area contributed by atoms with Crippen LogP contribution in [0.5, 0.6) is 0 Å². The van der Waals surface area contributed by atoms with Gasteiger partial charge in [-0.1, -0.05) is 12.1 Å². The fourth-order valence-corrected chi connectivity index (χ4v) is 2.83. The summed E-state index contributed by atoms with van der Waals surface area (Å²) in [5.74, 6) is -0.121. The van der Waals surface area contributed by atoms with Crippen molar-refractivity contribution in [1.29, 1.82) is 0 Å². The molecule has 1 atom stereocenters. The number of likely N-dealkylation sites (tertiary alicyclic amines) is 1. The molecule has 1 aromatic carbocycles. The molecule has 2 rings (SSSR count). The minimum absolute atomic E-state index is 0.0457. The Balaban J connectivity index is 1.86. The number of nitrogens with one attached hydrogen (secondary N) is 1. The van der Waals surface area contributed by atoms with E-state index < -0.39 is 5.60 Å². The Kier molecular flexibility index (Phi) is 6.56. The van der Waals surface area contributed by atoms with Crippen molar-refractivity contribution in [3.63, 3.8) is 0 Å². The van der Waals surface area contributed by atoms with Crippen LogP contribution in [0.4, 0.5) is 0 Å². The first-order chi connectivity index (χ1) is 11.8. The Morgan fingerprint density at radius 2 is 2.04 bits per heavy atom. The van der Waals surface area contributed by atoms with Crippen LogP contribution in [-0.4, -0.2) is 60.3 Å². The number of ether oxygens (including phenoxy) is 1. The van der Waals surface area contributed by atoms with E-state index in [0.717, 1.165) is 12.0 Å². The molecule has 6 heteroatoms. The van der Waals surface area contributed by atoms with Gasteiger partial charge >= 0.3 is 0 Å². The lowest BCUT2D eigenvalue weighted by Gasteiger charge is -2.17. The summed E-state index contributed by atoms with van der Waals surface area (Å²) in [7, 11) is 1.60. The van der Waals surface area contributed by atoms with E-state index in [1.54, 1.807) is 38.0 Å². The van der Waals surface area contributed by atoms with Crippen LogP contribution in [0.2, 0.25) is 0 Å². The Morgan fingerprint density at radius 3 is 2.64 bits per heavy atom. The predicted octanol–water partition coefficient (Wildman–Crippen LogP) is 1.37. The number of methoxy groups -OCH3 is 1. The molecule has 1 saturated heterocycles. The van der Waals surface area contributed by atoms with Crippen molar-refractivity contribution in [3.05, 3.63) is 35.4 Å². The van der Waals surface area contributed by atoms with E-state index in [4.69, 9.17) is 4.74 Å². The fraction of sp³-hybridized carbons (Fsp3) is 0.579. The van der Waals surface area contributed by atoms with E-state index in [-0.39, 0.29) is 17.9 Å². The van der Waals surface area contributed by atoms with E-state index in [1.165, 1.54) is 0 Å². The van der Waals surface area contributed by atoms with Crippen LogP contribution in [0.15, 0.2) is 24.3 Å². The van der Waals surface area contributed by atoms with E-state index in [0.29, 0.717) is 38.1 Å². The van der Waals surface area contributed by atoms with Gasteiger partial charge in [0, 0.05) is 32.2 Å². The number of aryl methyl sites for hydroxylation is 1. The minimum Gasteiger partial charge on any atom is -0.390 e. The molecule has 1 heterocycles. The second-order valence-electron chi connectivity index (χ2n) is 7.22. The molecule has 138 valence electrons. The van der Waals surface area contributed by atoms with Crippen LogP contribution in [0.3, 0.4) is 0 Å². The van der Waals surface area contributed by atoms with Gasteiger partial charge < -0.3 is 20.1 Å². The van der Waals surface area contributed by atoms with Crippen molar-refractivity contribution < 1.29 is 19.4 Å². The molecule has 1 fully saturated rings. The molecule has 0 radical (unpaired) electrons.